The molecule has 2 aromatic rings. The summed E-state index contributed by atoms with van der Waals surface area (Å²) in [7, 11) is 1.71. The molecule has 29 heavy (non-hydrogen) atoms. The molecule has 1 aliphatic rings. The van der Waals surface area contributed by atoms with Gasteiger partial charge >= 0.3 is 0 Å². The quantitative estimate of drug-likeness (QED) is 0.754. The summed E-state index contributed by atoms with van der Waals surface area (Å²) in [4.78, 5) is 31.2. The average molecular weight is 410 g/mol. The number of hydrogen-bond donors (Lipinski definition) is 1. The summed E-state index contributed by atoms with van der Waals surface area (Å²) in [5.41, 5.74) is 4.98. The summed E-state index contributed by atoms with van der Waals surface area (Å²) in [5.74, 6) is 0.198. The molecule has 1 N–H and O–H groups in total. The van der Waals surface area contributed by atoms with E-state index in [0.717, 1.165) is 22.5 Å². The van der Waals surface area contributed by atoms with Crippen molar-refractivity contribution in [2.75, 3.05) is 12.4 Å². The third-order valence-electron chi connectivity index (χ3n) is 4.95. The van der Waals surface area contributed by atoms with E-state index in [4.69, 9.17) is 0 Å². The molecule has 0 spiro atoms. The number of anilines is 1. The molecule has 1 saturated heterocycles. The Morgan fingerprint density at radius 2 is 1.86 bits per heavy atom. The standard InChI is InChI=1S/C23H27N3O2S/c1-14(2)17-7-9-18(10-8-17)24-23-26(5)22(28)20(29-23)13-21(27)25-19-11-6-15(3)12-16(19)4/h6-12,14,20H,13H2,1-5H3,(H,25,27)/t20-/m1/s1. The minimum atomic E-state index is -0.459. The molecule has 2 aromatic carbocycles. The summed E-state index contributed by atoms with van der Waals surface area (Å²) in [5, 5.41) is 3.08. The highest BCUT2D eigenvalue weighted by Crippen LogP contribution is 2.31. The van der Waals surface area contributed by atoms with Gasteiger partial charge in [0, 0.05) is 19.2 Å². The van der Waals surface area contributed by atoms with Crippen molar-refractivity contribution in [1.29, 1.82) is 0 Å². The number of benzene rings is 2. The van der Waals surface area contributed by atoms with Crippen LogP contribution in [0.4, 0.5) is 11.4 Å². The zero-order valence-electron chi connectivity index (χ0n) is 17.5. The largest absolute Gasteiger partial charge is 0.326 e. The van der Waals surface area contributed by atoms with E-state index in [0.29, 0.717) is 11.1 Å². The van der Waals surface area contributed by atoms with Crippen LogP contribution in [0.15, 0.2) is 47.5 Å². The van der Waals surface area contributed by atoms with E-state index in [-0.39, 0.29) is 18.2 Å². The van der Waals surface area contributed by atoms with Crippen molar-refractivity contribution >= 4 is 40.1 Å². The van der Waals surface area contributed by atoms with E-state index >= 15 is 0 Å². The van der Waals surface area contributed by atoms with Gasteiger partial charge in [-0.2, -0.15) is 0 Å². The molecule has 1 atom stereocenters. The van der Waals surface area contributed by atoms with Gasteiger partial charge in [0.25, 0.3) is 0 Å². The van der Waals surface area contributed by atoms with Gasteiger partial charge in [0.15, 0.2) is 5.17 Å². The topological polar surface area (TPSA) is 61.8 Å². The lowest BCUT2D eigenvalue weighted by atomic mass is 10.0. The lowest BCUT2D eigenvalue weighted by Crippen LogP contribution is -2.30. The molecule has 1 heterocycles. The summed E-state index contributed by atoms with van der Waals surface area (Å²) in [6.07, 6.45) is 0.118. The van der Waals surface area contributed by atoms with E-state index in [2.05, 4.69) is 36.3 Å². The second-order valence-electron chi connectivity index (χ2n) is 7.72. The Kier molecular flexibility index (Phi) is 6.42. The second-order valence-corrected chi connectivity index (χ2v) is 8.88. The summed E-state index contributed by atoms with van der Waals surface area (Å²) in [6, 6.07) is 13.9. The molecule has 3 rings (SSSR count). The van der Waals surface area contributed by atoms with Gasteiger partial charge in [0.2, 0.25) is 11.8 Å². The Hall–Kier alpha value is -2.60. The Balaban J connectivity index is 1.67. The van der Waals surface area contributed by atoms with Crippen molar-refractivity contribution in [3.63, 3.8) is 0 Å². The van der Waals surface area contributed by atoms with Crippen LogP contribution in [0.3, 0.4) is 0 Å². The molecule has 6 heteroatoms. The number of aliphatic imine (C=N–C) groups is 1. The number of aryl methyl sites for hydroxylation is 2. The maximum atomic E-state index is 12.6. The lowest BCUT2D eigenvalue weighted by Gasteiger charge is -2.11. The maximum Gasteiger partial charge on any atom is 0.242 e. The van der Waals surface area contributed by atoms with Crippen LogP contribution in [0.25, 0.3) is 0 Å². The minimum Gasteiger partial charge on any atom is -0.326 e. The monoisotopic (exact) mass is 409 g/mol. The number of hydrogen-bond acceptors (Lipinski definition) is 4. The molecule has 0 saturated carbocycles. The number of nitrogens with zero attached hydrogens (tertiary/aromatic N) is 2. The van der Waals surface area contributed by atoms with Crippen LogP contribution in [-0.4, -0.2) is 34.2 Å². The zero-order valence-corrected chi connectivity index (χ0v) is 18.3. The third kappa shape index (κ3) is 5.07. The van der Waals surface area contributed by atoms with Gasteiger partial charge in [-0.1, -0.05) is 55.4 Å². The van der Waals surface area contributed by atoms with Crippen LogP contribution in [0.2, 0.25) is 0 Å². The Bertz CT molecular complexity index is 951. The van der Waals surface area contributed by atoms with Crippen LogP contribution in [0, 0.1) is 13.8 Å². The average Bonchev–Trinajstić information content (AvgIpc) is 2.92. The molecule has 0 bridgehead atoms. The first-order chi connectivity index (χ1) is 13.7. The fourth-order valence-corrected chi connectivity index (χ4v) is 4.32. The maximum absolute atomic E-state index is 12.6. The summed E-state index contributed by atoms with van der Waals surface area (Å²) < 4.78 is 0. The number of amides is 2. The highest BCUT2D eigenvalue weighted by Gasteiger charge is 2.37. The molecular formula is C23H27N3O2S. The second kappa shape index (κ2) is 8.82. The van der Waals surface area contributed by atoms with E-state index < -0.39 is 5.25 Å². The number of carbonyl (C=O) groups is 2. The number of rotatable bonds is 5. The van der Waals surface area contributed by atoms with Crippen molar-refractivity contribution in [1.82, 2.24) is 4.90 Å². The predicted molar refractivity (Wildman–Crippen MR) is 121 cm³/mol. The summed E-state index contributed by atoms with van der Waals surface area (Å²) in [6.45, 7) is 8.27. The van der Waals surface area contributed by atoms with Gasteiger partial charge in [-0.15, -0.1) is 0 Å². The first-order valence-electron chi connectivity index (χ1n) is 9.74. The lowest BCUT2D eigenvalue weighted by molar-refractivity contribution is -0.127. The first-order valence-corrected chi connectivity index (χ1v) is 10.6. The SMILES string of the molecule is Cc1ccc(NC(=O)C[C@H]2SC(=Nc3ccc(C(C)C)cc3)N(C)C2=O)c(C)c1. The number of thioether (sulfide) groups is 1. The molecule has 2 amide bonds. The molecule has 5 nitrogen and oxygen atoms in total. The third-order valence-corrected chi connectivity index (χ3v) is 6.18. The van der Waals surface area contributed by atoms with Crippen LogP contribution in [0.1, 0.15) is 42.9 Å². The molecule has 0 radical (unpaired) electrons. The van der Waals surface area contributed by atoms with Crippen LogP contribution < -0.4 is 5.32 Å². The van der Waals surface area contributed by atoms with E-state index in [1.165, 1.54) is 22.2 Å². The van der Waals surface area contributed by atoms with Crippen LogP contribution in [0.5, 0.6) is 0 Å². The fourth-order valence-electron chi connectivity index (χ4n) is 3.16. The molecule has 0 unspecified atom stereocenters. The van der Waals surface area contributed by atoms with Gasteiger partial charge in [-0.25, -0.2) is 4.99 Å². The summed E-state index contributed by atoms with van der Waals surface area (Å²) >= 11 is 1.34. The van der Waals surface area contributed by atoms with Crippen molar-refractivity contribution in [2.45, 2.75) is 45.3 Å². The number of amidine groups is 1. The van der Waals surface area contributed by atoms with E-state index in [1.54, 1.807) is 7.05 Å². The smallest absolute Gasteiger partial charge is 0.242 e. The normalized spacial score (nSPS) is 18.0. The molecule has 1 aliphatic heterocycles. The predicted octanol–water partition coefficient (Wildman–Crippen LogP) is 5.02. The number of carbonyl (C=O) groups excluding carboxylic acids is 2. The van der Waals surface area contributed by atoms with Gasteiger partial charge in [0.05, 0.1) is 5.69 Å². The van der Waals surface area contributed by atoms with Crippen molar-refractivity contribution in [2.24, 2.45) is 4.99 Å². The molecular weight excluding hydrogens is 382 g/mol. The highest BCUT2D eigenvalue weighted by atomic mass is 32.2. The van der Waals surface area contributed by atoms with Gasteiger partial charge in [0.1, 0.15) is 5.25 Å². The first kappa shape index (κ1) is 21.1. The van der Waals surface area contributed by atoms with Gasteiger partial charge < -0.3 is 5.32 Å². The van der Waals surface area contributed by atoms with Crippen molar-refractivity contribution in [3.8, 4) is 0 Å². The Morgan fingerprint density at radius 1 is 1.17 bits per heavy atom. The zero-order chi connectivity index (χ0) is 21.1. The van der Waals surface area contributed by atoms with E-state index in [9.17, 15) is 9.59 Å². The Labute approximate surface area is 176 Å². The fraction of sp³-hybridized carbons (Fsp3) is 0.348. The van der Waals surface area contributed by atoms with Gasteiger partial charge in [-0.3, -0.25) is 14.5 Å². The van der Waals surface area contributed by atoms with Gasteiger partial charge in [-0.05, 0) is 49.1 Å². The molecule has 1 fully saturated rings. The molecule has 0 aliphatic carbocycles. The minimum absolute atomic E-state index is 0.0941. The molecule has 0 aromatic heterocycles. The van der Waals surface area contributed by atoms with Crippen LogP contribution in [-0.2, 0) is 9.59 Å². The van der Waals surface area contributed by atoms with Crippen LogP contribution >= 0.6 is 11.8 Å². The van der Waals surface area contributed by atoms with Crippen molar-refractivity contribution < 1.29 is 9.59 Å². The Morgan fingerprint density at radius 3 is 2.48 bits per heavy atom. The van der Waals surface area contributed by atoms with Crippen molar-refractivity contribution in [3.05, 3.63) is 59.2 Å². The highest BCUT2D eigenvalue weighted by molar-refractivity contribution is 8.15. The van der Waals surface area contributed by atoms with E-state index in [1.807, 2.05) is 44.2 Å². The molecule has 152 valence electrons. The number of nitrogens with one attached hydrogen (secondary N) is 1.